The van der Waals surface area contributed by atoms with Crippen molar-refractivity contribution in [3.63, 3.8) is 0 Å². The Morgan fingerprint density at radius 2 is 1.66 bits per heavy atom. The predicted octanol–water partition coefficient (Wildman–Crippen LogP) is 7.03. The molecule has 0 radical (unpaired) electrons. The minimum absolute atomic E-state index is 0. The third kappa shape index (κ3) is 6.41. The molecule has 2 heterocycles. The average Bonchev–Trinajstić information content (AvgIpc) is 3.26. The zero-order chi connectivity index (χ0) is 25.7. The number of ether oxygens (including phenoxy) is 1. The maximum atomic E-state index is 13.1. The van der Waals surface area contributed by atoms with E-state index in [1.807, 2.05) is 12.1 Å². The minimum atomic E-state index is -3.75. The van der Waals surface area contributed by atoms with Crippen molar-refractivity contribution < 1.29 is 13.2 Å². The molecule has 3 aromatic carbocycles. The summed E-state index contributed by atoms with van der Waals surface area (Å²) < 4.78 is 34.4. The summed E-state index contributed by atoms with van der Waals surface area (Å²) in [6.07, 6.45) is 4.84. The number of halogens is 1. The van der Waals surface area contributed by atoms with E-state index in [-0.39, 0.29) is 17.3 Å². The molecule has 1 aliphatic heterocycles. The number of sulfonamides is 1. The summed E-state index contributed by atoms with van der Waals surface area (Å²) >= 11 is 0. The molecule has 0 amide bonds. The smallest absolute Gasteiger partial charge is 0.261 e. The van der Waals surface area contributed by atoms with Gasteiger partial charge in [0.1, 0.15) is 5.75 Å². The van der Waals surface area contributed by atoms with Gasteiger partial charge in [0, 0.05) is 35.2 Å². The van der Waals surface area contributed by atoms with Crippen LogP contribution < -0.4 is 9.46 Å². The van der Waals surface area contributed by atoms with E-state index in [2.05, 4.69) is 51.0 Å². The maximum Gasteiger partial charge on any atom is 0.261 e. The molecular formula is C30H34ClN3O3S. The van der Waals surface area contributed by atoms with Crippen LogP contribution in [0.3, 0.4) is 0 Å². The number of nitrogens with one attached hydrogen (secondary N) is 2. The van der Waals surface area contributed by atoms with E-state index < -0.39 is 10.0 Å². The molecular weight excluding hydrogens is 518 g/mol. The van der Waals surface area contributed by atoms with Crippen molar-refractivity contribution >= 4 is 28.1 Å². The van der Waals surface area contributed by atoms with Crippen LogP contribution in [0.15, 0.2) is 95.9 Å². The van der Waals surface area contributed by atoms with Crippen LogP contribution >= 0.6 is 12.4 Å². The highest BCUT2D eigenvalue weighted by molar-refractivity contribution is 7.92. The van der Waals surface area contributed by atoms with E-state index in [0.29, 0.717) is 23.0 Å². The molecule has 38 heavy (non-hydrogen) atoms. The number of likely N-dealkylation sites (tertiary alicyclic amines) is 1. The first kappa shape index (κ1) is 27.8. The Kier molecular flexibility index (Phi) is 9.15. The average molecular weight is 552 g/mol. The molecule has 6 nitrogen and oxygen atoms in total. The van der Waals surface area contributed by atoms with Crippen LogP contribution in [0.4, 0.5) is 5.69 Å². The lowest BCUT2D eigenvalue weighted by molar-refractivity contribution is 0.190. The lowest BCUT2D eigenvalue weighted by atomic mass is 10.0. The van der Waals surface area contributed by atoms with E-state index in [0.717, 1.165) is 30.9 Å². The quantitative estimate of drug-likeness (QED) is 0.246. The zero-order valence-electron chi connectivity index (χ0n) is 21.5. The van der Waals surface area contributed by atoms with Gasteiger partial charge in [-0.25, -0.2) is 8.42 Å². The van der Waals surface area contributed by atoms with Gasteiger partial charge in [-0.2, -0.15) is 0 Å². The van der Waals surface area contributed by atoms with Gasteiger partial charge >= 0.3 is 0 Å². The van der Waals surface area contributed by atoms with Crippen LogP contribution in [-0.2, 0) is 16.6 Å². The summed E-state index contributed by atoms with van der Waals surface area (Å²) in [5, 5.41) is 0. The van der Waals surface area contributed by atoms with Gasteiger partial charge in [0.15, 0.2) is 0 Å². The van der Waals surface area contributed by atoms with Crippen LogP contribution in [0.1, 0.15) is 43.0 Å². The normalized spacial score (nSPS) is 16.3. The van der Waals surface area contributed by atoms with Gasteiger partial charge in [0.2, 0.25) is 0 Å². The van der Waals surface area contributed by atoms with Crippen LogP contribution in [0.2, 0.25) is 0 Å². The van der Waals surface area contributed by atoms with Crippen molar-refractivity contribution in [3.8, 4) is 17.0 Å². The van der Waals surface area contributed by atoms with Crippen molar-refractivity contribution in [1.82, 2.24) is 9.88 Å². The Morgan fingerprint density at radius 1 is 0.921 bits per heavy atom. The molecule has 0 saturated carbocycles. The third-order valence-corrected chi connectivity index (χ3v) is 8.34. The minimum Gasteiger partial charge on any atom is -0.496 e. The summed E-state index contributed by atoms with van der Waals surface area (Å²) in [7, 11) is -2.16. The van der Waals surface area contributed by atoms with Crippen molar-refractivity contribution in [2.45, 2.75) is 43.2 Å². The lowest BCUT2D eigenvalue weighted by Crippen LogP contribution is -2.28. The molecule has 0 bridgehead atoms. The second kappa shape index (κ2) is 12.5. The standard InChI is InChI=1S/C30H33N3O3S.ClH/c1-36-30-19-17-26(37(34,35)32-24-13-7-3-8-14-24)21-27(30)28-18-16-25(31-28)22-33-20-10-4-9-15-29(33)23-11-5-2-6-12-23;/h2-3,5-8,11-14,16-19,21,29,31-32H,4,9-10,15,20,22H2,1H3;1H/t29-;/m1./s1. The van der Waals surface area contributed by atoms with Crippen LogP contribution in [0, 0.1) is 0 Å². The first-order valence-corrected chi connectivity index (χ1v) is 14.2. The maximum absolute atomic E-state index is 13.1. The SMILES string of the molecule is COc1ccc(S(=O)(=O)Nc2ccccc2)cc1-c1ccc(CN2CCCCC[C@@H]2c2ccccc2)[nH]1.Cl. The van der Waals surface area contributed by atoms with Crippen molar-refractivity contribution in [2.75, 3.05) is 18.4 Å². The van der Waals surface area contributed by atoms with Gasteiger partial charge in [0.25, 0.3) is 10.0 Å². The van der Waals surface area contributed by atoms with E-state index >= 15 is 0 Å². The molecule has 0 unspecified atom stereocenters. The highest BCUT2D eigenvalue weighted by Crippen LogP contribution is 2.34. The number of benzene rings is 3. The van der Waals surface area contributed by atoms with Gasteiger partial charge in [-0.3, -0.25) is 9.62 Å². The molecule has 1 aliphatic rings. The van der Waals surface area contributed by atoms with Crippen molar-refractivity contribution in [3.05, 3.63) is 102 Å². The molecule has 0 spiro atoms. The Morgan fingerprint density at radius 3 is 2.39 bits per heavy atom. The predicted molar refractivity (Wildman–Crippen MR) is 155 cm³/mol. The fourth-order valence-corrected chi connectivity index (χ4v) is 6.19. The highest BCUT2D eigenvalue weighted by Gasteiger charge is 2.24. The fraction of sp³-hybridized carbons (Fsp3) is 0.267. The van der Waals surface area contributed by atoms with Crippen LogP contribution in [0.5, 0.6) is 5.75 Å². The fourth-order valence-electron chi connectivity index (χ4n) is 5.10. The lowest BCUT2D eigenvalue weighted by Gasteiger charge is -2.30. The number of methoxy groups -OCH3 is 1. The number of H-pyrrole nitrogens is 1. The number of rotatable bonds is 8. The molecule has 1 atom stereocenters. The van der Waals surface area contributed by atoms with Gasteiger partial charge in [0.05, 0.1) is 12.0 Å². The molecule has 4 aromatic rings. The number of hydrogen-bond donors (Lipinski definition) is 2. The number of anilines is 1. The number of hydrogen-bond acceptors (Lipinski definition) is 4. The van der Waals surface area contributed by atoms with Gasteiger partial charge in [-0.1, -0.05) is 61.4 Å². The topological polar surface area (TPSA) is 74.4 Å². The van der Waals surface area contributed by atoms with Gasteiger partial charge in [-0.15, -0.1) is 12.4 Å². The van der Waals surface area contributed by atoms with Gasteiger partial charge < -0.3 is 9.72 Å². The molecule has 5 rings (SSSR count). The molecule has 1 saturated heterocycles. The largest absolute Gasteiger partial charge is 0.496 e. The molecule has 0 aliphatic carbocycles. The summed E-state index contributed by atoms with van der Waals surface area (Å²) in [5.41, 5.74) is 4.51. The second-order valence-corrected chi connectivity index (χ2v) is 11.2. The molecule has 200 valence electrons. The summed E-state index contributed by atoms with van der Waals surface area (Å²) in [4.78, 5) is 6.27. The van der Waals surface area contributed by atoms with Crippen molar-refractivity contribution in [1.29, 1.82) is 0 Å². The summed E-state index contributed by atoms with van der Waals surface area (Å²) in [6, 6.07) is 29.1. The number of para-hydroxylation sites is 1. The Balaban J connectivity index is 0.00000336. The molecule has 1 aromatic heterocycles. The van der Waals surface area contributed by atoms with E-state index in [4.69, 9.17) is 4.74 Å². The molecule has 2 N–H and O–H groups in total. The van der Waals surface area contributed by atoms with Crippen LogP contribution in [0.25, 0.3) is 11.3 Å². The number of nitrogens with zero attached hydrogens (tertiary/aromatic N) is 1. The first-order valence-electron chi connectivity index (χ1n) is 12.8. The first-order chi connectivity index (χ1) is 18.0. The van der Waals surface area contributed by atoms with Crippen molar-refractivity contribution in [2.24, 2.45) is 0 Å². The number of aromatic nitrogens is 1. The van der Waals surface area contributed by atoms with E-state index in [9.17, 15) is 8.42 Å². The monoisotopic (exact) mass is 551 g/mol. The molecule has 8 heteroatoms. The summed E-state index contributed by atoms with van der Waals surface area (Å²) in [6.45, 7) is 1.85. The Labute approximate surface area is 231 Å². The Hall–Kier alpha value is -3.26. The van der Waals surface area contributed by atoms with Gasteiger partial charge in [-0.05, 0) is 67.4 Å². The highest BCUT2D eigenvalue weighted by atomic mass is 35.5. The zero-order valence-corrected chi connectivity index (χ0v) is 23.1. The second-order valence-electron chi connectivity index (χ2n) is 9.48. The number of aromatic amines is 1. The Bertz CT molecular complexity index is 1430. The van der Waals surface area contributed by atoms with E-state index in [1.165, 1.54) is 24.8 Å². The summed E-state index contributed by atoms with van der Waals surface area (Å²) in [5.74, 6) is 0.615. The third-order valence-electron chi connectivity index (χ3n) is 6.97. The van der Waals surface area contributed by atoms with Crippen LogP contribution in [-0.4, -0.2) is 32.0 Å². The van der Waals surface area contributed by atoms with E-state index in [1.54, 1.807) is 49.6 Å². The molecule has 1 fully saturated rings.